The molecule has 0 atom stereocenters. The van der Waals surface area contributed by atoms with Crippen LogP contribution < -0.4 is 19.8 Å². The van der Waals surface area contributed by atoms with Crippen molar-refractivity contribution in [3.05, 3.63) is 33.7 Å². The number of aromatic nitrogens is 2. The third-order valence-electron chi connectivity index (χ3n) is 3.35. The van der Waals surface area contributed by atoms with Crippen molar-refractivity contribution in [2.75, 3.05) is 21.3 Å². The summed E-state index contributed by atoms with van der Waals surface area (Å²) in [6.45, 7) is 3.53. The van der Waals surface area contributed by atoms with Crippen molar-refractivity contribution >= 4 is 0 Å². The summed E-state index contributed by atoms with van der Waals surface area (Å²) < 4.78 is 16.0. The van der Waals surface area contributed by atoms with E-state index in [1.165, 1.54) is 14.2 Å². The van der Waals surface area contributed by atoms with Gasteiger partial charge >= 0.3 is 0 Å². The van der Waals surface area contributed by atoms with Crippen molar-refractivity contribution in [2.45, 2.75) is 13.8 Å². The van der Waals surface area contributed by atoms with Crippen LogP contribution in [0.5, 0.6) is 17.2 Å². The van der Waals surface area contributed by atoms with Crippen LogP contribution in [0.3, 0.4) is 0 Å². The van der Waals surface area contributed by atoms with Crippen LogP contribution in [0.4, 0.5) is 0 Å². The summed E-state index contributed by atoms with van der Waals surface area (Å²) in [6, 6.07) is 3.51. The zero-order chi connectivity index (χ0) is 15.6. The van der Waals surface area contributed by atoms with E-state index in [0.29, 0.717) is 39.9 Å². The first-order valence-corrected chi connectivity index (χ1v) is 6.40. The summed E-state index contributed by atoms with van der Waals surface area (Å²) >= 11 is 0. The Hall–Kier alpha value is -2.50. The molecule has 0 aliphatic carbocycles. The Balaban J connectivity index is 2.72. The van der Waals surface area contributed by atoms with E-state index in [0.717, 1.165) is 0 Å². The van der Waals surface area contributed by atoms with Crippen molar-refractivity contribution in [3.8, 4) is 28.6 Å². The molecule has 6 nitrogen and oxygen atoms in total. The molecule has 0 amide bonds. The minimum atomic E-state index is -0.172. The number of H-pyrrole nitrogens is 1. The van der Waals surface area contributed by atoms with E-state index in [4.69, 9.17) is 14.2 Å². The lowest BCUT2D eigenvalue weighted by Crippen LogP contribution is -2.14. The van der Waals surface area contributed by atoms with Crippen molar-refractivity contribution < 1.29 is 14.2 Å². The van der Waals surface area contributed by atoms with Gasteiger partial charge in [0, 0.05) is 11.3 Å². The molecule has 2 rings (SSSR count). The number of aryl methyl sites for hydroxylation is 1. The SMILES string of the molecule is COc1ccc(-c2nc(C)c(C)c(=O)[nH]2)c(OC)c1OC. The van der Waals surface area contributed by atoms with Crippen molar-refractivity contribution in [1.29, 1.82) is 0 Å². The van der Waals surface area contributed by atoms with Crippen LogP contribution in [-0.4, -0.2) is 31.3 Å². The molecule has 2 aromatic rings. The summed E-state index contributed by atoms with van der Waals surface area (Å²) in [5.41, 5.74) is 1.73. The van der Waals surface area contributed by atoms with Crippen LogP contribution in [0.2, 0.25) is 0 Å². The second-order valence-electron chi connectivity index (χ2n) is 4.51. The molecule has 1 N–H and O–H groups in total. The maximum atomic E-state index is 11.9. The maximum absolute atomic E-state index is 11.9. The highest BCUT2D eigenvalue weighted by Gasteiger charge is 2.19. The molecule has 0 saturated heterocycles. The Bertz CT molecular complexity index is 722. The van der Waals surface area contributed by atoms with Gasteiger partial charge in [-0.15, -0.1) is 0 Å². The fourth-order valence-electron chi connectivity index (χ4n) is 2.06. The van der Waals surface area contributed by atoms with E-state index in [-0.39, 0.29) is 5.56 Å². The molecule has 1 aromatic carbocycles. The summed E-state index contributed by atoms with van der Waals surface area (Å²) in [4.78, 5) is 19.1. The van der Waals surface area contributed by atoms with Gasteiger partial charge in [0.2, 0.25) is 5.75 Å². The number of ether oxygens (including phenoxy) is 3. The van der Waals surface area contributed by atoms with Crippen LogP contribution in [-0.2, 0) is 0 Å². The van der Waals surface area contributed by atoms with Gasteiger partial charge in [-0.05, 0) is 26.0 Å². The van der Waals surface area contributed by atoms with Crippen LogP contribution in [0, 0.1) is 13.8 Å². The maximum Gasteiger partial charge on any atom is 0.254 e. The van der Waals surface area contributed by atoms with Gasteiger partial charge in [0.15, 0.2) is 11.5 Å². The number of aromatic amines is 1. The molecule has 6 heteroatoms. The molecule has 1 heterocycles. The van der Waals surface area contributed by atoms with E-state index >= 15 is 0 Å². The van der Waals surface area contributed by atoms with Crippen molar-refractivity contribution in [2.24, 2.45) is 0 Å². The standard InChI is InChI=1S/C15H18N2O4/c1-8-9(2)16-14(17-15(8)18)10-6-7-11(19-3)13(21-5)12(10)20-4/h6-7H,1-5H3,(H,16,17,18). The molecule has 0 fully saturated rings. The van der Waals surface area contributed by atoms with Crippen LogP contribution >= 0.6 is 0 Å². The molecule has 0 aliphatic heterocycles. The van der Waals surface area contributed by atoms with E-state index in [1.807, 2.05) is 0 Å². The van der Waals surface area contributed by atoms with Crippen molar-refractivity contribution in [1.82, 2.24) is 9.97 Å². The Labute approximate surface area is 122 Å². The molecule has 0 spiro atoms. The number of rotatable bonds is 4. The molecule has 0 bridgehead atoms. The normalized spacial score (nSPS) is 10.3. The highest BCUT2D eigenvalue weighted by atomic mass is 16.5. The lowest BCUT2D eigenvalue weighted by molar-refractivity contribution is 0.325. The van der Waals surface area contributed by atoms with E-state index in [9.17, 15) is 4.79 Å². The predicted octanol–water partition coefficient (Wildman–Crippen LogP) is 2.08. The lowest BCUT2D eigenvalue weighted by atomic mass is 10.1. The Morgan fingerprint density at radius 3 is 2.19 bits per heavy atom. The van der Waals surface area contributed by atoms with Crippen LogP contribution in [0.1, 0.15) is 11.3 Å². The lowest BCUT2D eigenvalue weighted by Gasteiger charge is -2.15. The molecule has 21 heavy (non-hydrogen) atoms. The number of methoxy groups -OCH3 is 3. The van der Waals surface area contributed by atoms with Gasteiger partial charge in [0.1, 0.15) is 5.82 Å². The number of benzene rings is 1. The van der Waals surface area contributed by atoms with Gasteiger partial charge < -0.3 is 19.2 Å². The first-order chi connectivity index (χ1) is 10.0. The van der Waals surface area contributed by atoms with E-state index in [2.05, 4.69) is 9.97 Å². The van der Waals surface area contributed by atoms with Gasteiger partial charge in [0.05, 0.1) is 26.9 Å². The number of nitrogens with one attached hydrogen (secondary N) is 1. The third kappa shape index (κ3) is 2.56. The topological polar surface area (TPSA) is 73.4 Å². The van der Waals surface area contributed by atoms with E-state index in [1.54, 1.807) is 33.1 Å². The second-order valence-corrected chi connectivity index (χ2v) is 4.51. The predicted molar refractivity (Wildman–Crippen MR) is 79.4 cm³/mol. The quantitative estimate of drug-likeness (QED) is 0.933. The molecule has 0 unspecified atom stereocenters. The van der Waals surface area contributed by atoms with Crippen LogP contribution in [0.25, 0.3) is 11.4 Å². The van der Waals surface area contributed by atoms with Gasteiger partial charge in [-0.3, -0.25) is 4.79 Å². The average molecular weight is 290 g/mol. The fraction of sp³-hybridized carbons (Fsp3) is 0.333. The van der Waals surface area contributed by atoms with E-state index < -0.39 is 0 Å². The summed E-state index contributed by atoms with van der Waals surface area (Å²) in [5.74, 6) is 1.90. The van der Waals surface area contributed by atoms with Gasteiger partial charge in [-0.1, -0.05) is 0 Å². The Morgan fingerprint density at radius 2 is 1.67 bits per heavy atom. The van der Waals surface area contributed by atoms with Crippen LogP contribution in [0.15, 0.2) is 16.9 Å². The average Bonchev–Trinajstić information content (AvgIpc) is 2.50. The summed E-state index contributed by atoms with van der Waals surface area (Å²) in [5, 5.41) is 0. The molecular formula is C15H18N2O4. The number of nitrogens with zero attached hydrogens (tertiary/aromatic N) is 1. The second kappa shape index (κ2) is 5.87. The Kier molecular flexibility index (Phi) is 4.16. The van der Waals surface area contributed by atoms with Crippen molar-refractivity contribution in [3.63, 3.8) is 0 Å². The van der Waals surface area contributed by atoms with Gasteiger partial charge in [-0.2, -0.15) is 0 Å². The smallest absolute Gasteiger partial charge is 0.254 e. The zero-order valence-electron chi connectivity index (χ0n) is 12.7. The first kappa shape index (κ1) is 14.9. The zero-order valence-corrected chi connectivity index (χ0v) is 12.7. The van der Waals surface area contributed by atoms with Gasteiger partial charge in [0.25, 0.3) is 5.56 Å². The third-order valence-corrected chi connectivity index (χ3v) is 3.35. The minimum absolute atomic E-state index is 0.172. The molecule has 0 aliphatic rings. The molecule has 112 valence electrons. The summed E-state index contributed by atoms with van der Waals surface area (Å²) in [6.07, 6.45) is 0. The minimum Gasteiger partial charge on any atom is -0.493 e. The monoisotopic (exact) mass is 290 g/mol. The largest absolute Gasteiger partial charge is 0.493 e. The Morgan fingerprint density at radius 1 is 1.00 bits per heavy atom. The molecular weight excluding hydrogens is 272 g/mol. The molecule has 1 aromatic heterocycles. The highest BCUT2D eigenvalue weighted by Crippen LogP contribution is 2.43. The first-order valence-electron chi connectivity index (χ1n) is 6.40. The van der Waals surface area contributed by atoms with Gasteiger partial charge in [-0.25, -0.2) is 4.98 Å². The number of hydrogen-bond donors (Lipinski definition) is 1. The summed E-state index contributed by atoms with van der Waals surface area (Å²) in [7, 11) is 4.60. The highest BCUT2D eigenvalue weighted by molar-refractivity contribution is 5.72. The number of hydrogen-bond acceptors (Lipinski definition) is 5. The fourth-order valence-corrected chi connectivity index (χ4v) is 2.06. The molecule has 0 radical (unpaired) electrons. The molecule has 0 saturated carbocycles.